The molecule has 0 bridgehead atoms. The van der Waals surface area contributed by atoms with E-state index in [2.05, 4.69) is 24.1 Å². The van der Waals surface area contributed by atoms with E-state index in [1.165, 1.54) is 0 Å². The van der Waals surface area contributed by atoms with Gasteiger partial charge in [0.1, 0.15) is 0 Å². The summed E-state index contributed by atoms with van der Waals surface area (Å²) in [4.78, 5) is 14.6. The summed E-state index contributed by atoms with van der Waals surface area (Å²) in [7, 11) is 1.80. The molecule has 1 heterocycles. The van der Waals surface area contributed by atoms with Crippen molar-refractivity contribution in [2.75, 3.05) is 20.1 Å². The first kappa shape index (κ1) is 15.5. The minimum Gasteiger partial charge on any atom is -0.338 e. The number of carbonyl (C=O) groups is 1. The predicted molar refractivity (Wildman–Crippen MR) is 80.0 cm³/mol. The van der Waals surface area contributed by atoms with Crippen molar-refractivity contribution in [1.82, 2.24) is 10.2 Å². The zero-order chi connectivity index (χ0) is 14.1. The van der Waals surface area contributed by atoms with Gasteiger partial charge in [-0.1, -0.05) is 25.2 Å². The molecule has 3 N–H and O–H groups in total. The molecule has 0 saturated carbocycles. The van der Waals surface area contributed by atoms with Crippen molar-refractivity contribution >= 4 is 17.4 Å². The highest BCUT2D eigenvalue weighted by molar-refractivity contribution is 7.10. The third-order valence-electron chi connectivity index (χ3n) is 2.53. The number of hydrogen-bond donors (Lipinski definition) is 2. The van der Waals surface area contributed by atoms with E-state index in [9.17, 15) is 4.79 Å². The van der Waals surface area contributed by atoms with Crippen molar-refractivity contribution in [3.8, 4) is 11.8 Å². The summed E-state index contributed by atoms with van der Waals surface area (Å²) in [5, 5.41) is 4.88. The number of hydrogen-bond acceptors (Lipinski definition) is 3. The minimum absolute atomic E-state index is 0.0311. The second-order valence-corrected chi connectivity index (χ2v) is 5.24. The fourth-order valence-corrected chi connectivity index (χ4v) is 2.36. The Labute approximate surface area is 119 Å². The lowest BCUT2D eigenvalue weighted by Gasteiger charge is -2.16. The number of unbranched alkanes of at least 4 members (excludes halogenated alkanes) is 1. The fourth-order valence-electron chi connectivity index (χ4n) is 1.49. The lowest BCUT2D eigenvalue weighted by Crippen LogP contribution is -2.37. The molecule has 5 heteroatoms. The van der Waals surface area contributed by atoms with Gasteiger partial charge in [-0.2, -0.15) is 0 Å². The van der Waals surface area contributed by atoms with Crippen molar-refractivity contribution in [1.29, 1.82) is 0 Å². The molecule has 0 atom stereocenters. The van der Waals surface area contributed by atoms with Gasteiger partial charge in [0.15, 0.2) is 0 Å². The second kappa shape index (κ2) is 8.57. The van der Waals surface area contributed by atoms with Crippen LogP contribution in [-0.2, 0) is 6.54 Å². The maximum Gasteiger partial charge on any atom is 0.317 e. The number of nitrogens with two attached hydrogens (primary N) is 1. The maximum absolute atomic E-state index is 11.8. The third-order valence-corrected chi connectivity index (χ3v) is 3.46. The number of thiophene rings is 1. The molecule has 2 amide bonds. The normalized spacial score (nSPS) is 9.63. The van der Waals surface area contributed by atoms with E-state index in [0.717, 1.165) is 29.8 Å². The molecule has 0 radical (unpaired) electrons. The van der Waals surface area contributed by atoms with E-state index in [1.807, 2.05) is 11.4 Å². The highest BCUT2D eigenvalue weighted by Gasteiger charge is 2.09. The molecule has 104 valence electrons. The lowest BCUT2D eigenvalue weighted by molar-refractivity contribution is 0.207. The van der Waals surface area contributed by atoms with Gasteiger partial charge in [-0.05, 0) is 12.5 Å². The Morgan fingerprint density at radius 2 is 2.37 bits per heavy atom. The van der Waals surface area contributed by atoms with Gasteiger partial charge >= 0.3 is 6.03 Å². The summed E-state index contributed by atoms with van der Waals surface area (Å²) in [5.74, 6) is 5.81. The van der Waals surface area contributed by atoms with Crippen molar-refractivity contribution < 1.29 is 4.79 Å². The number of nitrogens with zero attached hydrogens (tertiary/aromatic N) is 1. The van der Waals surface area contributed by atoms with Crippen LogP contribution in [0.3, 0.4) is 0 Å². The summed E-state index contributed by atoms with van der Waals surface area (Å²) in [6.45, 7) is 3.81. The molecule has 19 heavy (non-hydrogen) atoms. The zero-order valence-corrected chi connectivity index (χ0v) is 12.3. The van der Waals surface area contributed by atoms with Gasteiger partial charge in [-0.15, -0.1) is 11.3 Å². The van der Waals surface area contributed by atoms with Crippen molar-refractivity contribution in [2.45, 2.75) is 26.3 Å². The van der Waals surface area contributed by atoms with Gasteiger partial charge < -0.3 is 16.0 Å². The monoisotopic (exact) mass is 279 g/mol. The Balaban J connectivity index is 2.45. The Morgan fingerprint density at radius 1 is 1.58 bits per heavy atom. The Kier molecular flexibility index (Phi) is 7.01. The standard InChI is InChI=1S/C14H21N3OS/c1-3-4-8-16-14(18)17(2)10-13-9-12(11-19-13)6-5-7-15/h9,11H,3-4,7-8,10,15H2,1-2H3,(H,16,18). The summed E-state index contributed by atoms with van der Waals surface area (Å²) in [5.41, 5.74) is 6.29. The summed E-state index contributed by atoms with van der Waals surface area (Å²) in [6.07, 6.45) is 2.09. The van der Waals surface area contributed by atoms with E-state index in [4.69, 9.17) is 5.73 Å². The molecular formula is C14H21N3OS. The summed E-state index contributed by atoms with van der Waals surface area (Å²) < 4.78 is 0. The van der Waals surface area contributed by atoms with Crippen LogP contribution in [0.1, 0.15) is 30.2 Å². The van der Waals surface area contributed by atoms with Crippen LogP contribution in [0, 0.1) is 11.8 Å². The average molecular weight is 279 g/mol. The van der Waals surface area contributed by atoms with Crippen LogP contribution in [0.25, 0.3) is 0 Å². The van der Waals surface area contributed by atoms with Crippen LogP contribution in [0.4, 0.5) is 4.79 Å². The molecule has 1 aromatic rings. The predicted octanol–water partition coefficient (Wildman–Crippen LogP) is 2.00. The quantitative estimate of drug-likeness (QED) is 0.640. The largest absolute Gasteiger partial charge is 0.338 e. The van der Waals surface area contributed by atoms with E-state index in [-0.39, 0.29) is 6.03 Å². The maximum atomic E-state index is 11.8. The van der Waals surface area contributed by atoms with Gasteiger partial charge in [0.2, 0.25) is 0 Å². The highest BCUT2D eigenvalue weighted by atomic mass is 32.1. The van der Waals surface area contributed by atoms with Crippen LogP contribution in [0.15, 0.2) is 11.4 Å². The van der Waals surface area contributed by atoms with Gasteiger partial charge in [-0.25, -0.2) is 4.79 Å². The van der Waals surface area contributed by atoms with Crippen LogP contribution in [-0.4, -0.2) is 31.1 Å². The fraction of sp³-hybridized carbons (Fsp3) is 0.500. The lowest BCUT2D eigenvalue weighted by atomic mass is 10.3. The number of amides is 2. The van der Waals surface area contributed by atoms with E-state index in [1.54, 1.807) is 23.3 Å². The summed E-state index contributed by atoms with van der Waals surface area (Å²) in [6, 6.07) is 1.97. The first-order valence-electron chi connectivity index (χ1n) is 6.42. The van der Waals surface area contributed by atoms with E-state index < -0.39 is 0 Å². The SMILES string of the molecule is CCCCNC(=O)N(C)Cc1cc(C#CCN)cs1. The Morgan fingerprint density at radius 3 is 3.05 bits per heavy atom. The molecule has 0 saturated heterocycles. The molecule has 0 aliphatic carbocycles. The van der Waals surface area contributed by atoms with Crippen molar-refractivity contribution in [3.63, 3.8) is 0 Å². The molecule has 0 spiro atoms. The molecule has 0 fully saturated rings. The number of carbonyl (C=O) groups excluding carboxylic acids is 1. The van der Waals surface area contributed by atoms with Gasteiger partial charge in [-0.3, -0.25) is 0 Å². The molecule has 0 aliphatic rings. The van der Waals surface area contributed by atoms with Gasteiger partial charge in [0, 0.05) is 29.4 Å². The Bertz CT molecular complexity index is 459. The highest BCUT2D eigenvalue weighted by Crippen LogP contribution is 2.15. The molecule has 0 aromatic carbocycles. The molecule has 4 nitrogen and oxygen atoms in total. The first-order valence-corrected chi connectivity index (χ1v) is 7.30. The smallest absolute Gasteiger partial charge is 0.317 e. The van der Waals surface area contributed by atoms with E-state index >= 15 is 0 Å². The van der Waals surface area contributed by atoms with Gasteiger partial charge in [0.05, 0.1) is 13.1 Å². The molecular weight excluding hydrogens is 258 g/mol. The van der Waals surface area contributed by atoms with Crippen molar-refractivity contribution in [3.05, 3.63) is 21.9 Å². The molecule has 0 unspecified atom stereocenters. The average Bonchev–Trinajstić information content (AvgIpc) is 2.84. The number of rotatable bonds is 5. The van der Waals surface area contributed by atoms with Gasteiger partial charge in [0.25, 0.3) is 0 Å². The van der Waals surface area contributed by atoms with Crippen LogP contribution in [0.2, 0.25) is 0 Å². The zero-order valence-electron chi connectivity index (χ0n) is 11.5. The molecule has 1 rings (SSSR count). The topological polar surface area (TPSA) is 58.4 Å². The van der Waals surface area contributed by atoms with Crippen LogP contribution in [0.5, 0.6) is 0 Å². The molecule has 1 aromatic heterocycles. The third kappa shape index (κ3) is 5.77. The van der Waals surface area contributed by atoms with Crippen molar-refractivity contribution in [2.24, 2.45) is 5.73 Å². The molecule has 0 aliphatic heterocycles. The van der Waals surface area contributed by atoms with E-state index in [0.29, 0.717) is 13.1 Å². The van der Waals surface area contributed by atoms with Crippen LogP contribution < -0.4 is 11.1 Å². The number of urea groups is 1. The van der Waals surface area contributed by atoms with Crippen LogP contribution >= 0.6 is 11.3 Å². The summed E-state index contributed by atoms with van der Waals surface area (Å²) >= 11 is 1.61. The first-order chi connectivity index (χ1) is 9.17. The Hall–Kier alpha value is -1.51. The second-order valence-electron chi connectivity index (χ2n) is 4.25. The number of nitrogens with one attached hydrogen (secondary N) is 1. The minimum atomic E-state index is -0.0311.